The molecule has 0 aromatic heterocycles. The highest BCUT2D eigenvalue weighted by atomic mass is 16.3. The maximum atomic E-state index is 9.65. The molecule has 0 aliphatic carbocycles. The van der Waals surface area contributed by atoms with E-state index >= 15 is 0 Å². The standard InChI is InChI=1S/C11H13NO/c1-2-8-12-9-11(13)10-6-4-3-5-7-10/h1,3-7,11-13H,8-9H2/p+1/t11-/m1/s1. The molecule has 0 aliphatic heterocycles. The molecule has 2 heteroatoms. The van der Waals surface area contributed by atoms with E-state index in [1.807, 2.05) is 35.6 Å². The molecular weight excluding hydrogens is 162 g/mol. The molecule has 0 aliphatic rings. The van der Waals surface area contributed by atoms with Crippen LogP contribution in [0.3, 0.4) is 0 Å². The summed E-state index contributed by atoms with van der Waals surface area (Å²) in [7, 11) is 0. The highest BCUT2D eigenvalue weighted by Gasteiger charge is 2.06. The first-order chi connectivity index (χ1) is 6.34. The monoisotopic (exact) mass is 176 g/mol. The van der Waals surface area contributed by atoms with Crippen molar-refractivity contribution in [2.75, 3.05) is 13.1 Å². The van der Waals surface area contributed by atoms with Crippen LogP contribution in [0.2, 0.25) is 0 Å². The van der Waals surface area contributed by atoms with Gasteiger partial charge in [-0.25, -0.2) is 0 Å². The number of aliphatic hydroxyl groups excluding tert-OH is 1. The van der Waals surface area contributed by atoms with Crippen LogP contribution in [0, 0.1) is 12.3 Å². The summed E-state index contributed by atoms with van der Waals surface area (Å²) in [4.78, 5) is 0. The summed E-state index contributed by atoms with van der Waals surface area (Å²) in [5.74, 6) is 2.51. The van der Waals surface area contributed by atoms with Gasteiger partial charge in [-0.3, -0.25) is 0 Å². The van der Waals surface area contributed by atoms with Crippen molar-refractivity contribution in [3.05, 3.63) is 35.9 Å². The second-order valence-corrected chi connectivity index (χ2v) is 2.86. The van der Waals surface area contributed by atoms with Gasteiger partial charge < -0.3 is 10.4 Å². The predicted molar refractivity (Wildman–Crippen MR) is 51.9 cm³/mol. The summed E-state index contributed by atoms with van der Waals surface area (Å²) in [6, 6.07) is 9.59. The first-order valence-electron chi connectivity index (χ1n) is 4.32. The first kappa shape index (κ1) is 9.79. The maximum Gasteiger partial charge on any atom is 0.137 e. The maximum absolute atomic E-state index is 9.65. The minimum atomic E-state index is -0.422. The van der Waals surface area contributed by atoms with Gasteiger partial charge in [0.1, 0.15) is 19.2 Å². The van der Waals surface area contributed by atoms with Crippen LogP contribution in [-0.4, -0.2) is 18.2 Å². The van der Waals surface area contributed by atoms with Crippen molar-refractivity contribution < 1.29 is 10.4 Å². The number of rotatable bonds is 4. The van der Waals surface area contributed by atoms with Gasteiger partial charge in [0, 0.05) is 0 Å². The van der Waals surface area contributed by atoms with Crippen molar-refractivity contribution in [2.24, 2.45) is 0 Å². The van der Waals surface area contributed by atoms with E-state index in [0.29, 0.717) is 13.1 Å². The molecule has 1 aromatic rings. The van der Waals surface area contributed by atoms with E-state index in [9.17, 15) is 5.11 Å². The van der Waals surface area contributed by atoms with Crippen molar-refractivity contribution in [1.29, 1.82) is 0 Å². The highest BCUT2D eigenvalue weighted by molar-refractivity contribution is 5.16. The van der Waals surface area contributed by atoms with E-state index in [1.165, 1.54) is 0 Å². The number of hydrogen-bond donors (Lipinski definition) is 2. The molecule has 0 spiro atoms. The minimum absolute atomic E-state index is 0.422. The van der Waals surface area contributed by atoms with Crippen molar-refractivity contribution in [2.45, 2.75) is 6.10 Å². The molecule has 68 valence electrons. The quantitative estimate of drug-likeness (QED) is 0.488. The van der Waals surface area contributed by atoms with Crippen molar-refractivity contribution in [3.8, 4) is 12.3 Å². The first-order valence-corrected chi connectivity index (χ1v) is 4.32. The topological polar surface area (TPSA) is 36.8 Å². The summed E-state index contributed by atoms with van der Waals surface area (Å²) in [5.41, 5.74) is 0.941. The zero-order valence-electron chi connectivity index (χ0n) is 7.48. The highest BCUT2D eigenvalue weighted by Crippen LogP contribution is 2.08. The smallest absolute Gasteiger partial charge is 0.137 e. The van der Waals surface area contributed by atoms with Gasteiger partial charge in [0.25, 0.3) is 0 Å². The Hall–Kier alpha value is -1.30. The lowest BCUT2D eigenvalue weighted by atomic mass is 10.1. The Labute approximate surface area is 78.6 Å². The van der Waals surface area contributed by atoms with E-state index in [1.54, 1.807) is 0 Å². The molecule has 1 rings (SSSR count). The lowest BCUT2D eigenvalue weighted by Crippen LogP contribution is -2.85. The van der Waals surface area contributed by atoms with Crippen LogP contribution in [0.25, 0.3) is 0 Å². The Kier molecular flexibility index (Phi) is 4.04. The third-order valence-corrected chi connectivity index (χ3v) is 1.84. The van der Waals surface area contributed by atoms with Crippen LogP contribution in [0.4, 0.5) is 0 Å². The second kappa shape index (κ2) is 5.36. The SMILES string of the molecule is C#CC[NH2+]C[C@@H](O)c1ccccc1. The molecule has 0 unspecified atom stereocenters. The molecule has 1 aromatic carbocycles. The van der Waals surface area contributed by atoms with Crippen LogP contribution in [0.5, 0.6) is 0 Å². The van der Waals surface area contributed by atoms with Crippen LogP contribution >= 0.6 is 0 Å². The Morgan fingerprint density at radius 3 is 2.69 bits per heavy atom. The van der Waals surface area contributed by atoms with Crippen molar-refractivity contribution in [3.63, 3.8) is 0 Å². The molecular formula is C11H14NO+. The van der Waals surface area contributed by atoms with E-state index in [-0.39, 0.29) is 0 Å². The van der Waals surface area contributed by atoms with E-state index in [4.69, 9.17) is 6.42 Å². The Bertz CT molecular complexity index is 276. The van der Waals surface area contributed by atoms with Gasteiger partial charge in [-0.15, -0.1) is 6.42 Å². The number of nitrogens with two attached hydrogens (primary N) is 1. The fraction of sp³-hybridized carbons (Fsp3) is 0.273. The predicted octanol–water partition coefficient (Wildman–Crippen LogP) is -0.0834. The molecule has 2 nitrogen and oxygen atoms in total. The van der Waals surface area contributed by atoms with Gasteiger partial charge in [-0.2, -0.15) is 0 Å². The summed E-state index contributed by atoms with van der Waals surface area (Å²) in [5, 5.41) is 11.6. The van der Waals surface area contributed by atoms with Crippen molar-refractivity contribution in [1.82, 2.24) is 0 Å². The van der Waals surface area contributed by atoms with Crippen LogP contribution in [0.1, 0.15) is 11.7 Å². The van der Waals surface area contributed by atoms with Gasteiger partial charge in [-0.1, -0.05) is 30.3 Å². The Morgan fingerprint density at radius 2 is 2.08 bits per heavy atom. The molecule has 0 saturated heterocycles. The van der Waals surface area contributed by atoms with Crippen LogP contribution in [-0.2, 0) is 0 Å². The molecule has 3 N–H and O–H groups in total. The van der Waals surface area contributed by atoms with Gasteiger partial charge in [0.15, 0.2) is 0 Å². The number of terminal acetylenes is 1. The van der Waals surface area contributed by atoms with Gasteiger partial charge >= 0.3 is 0 Å². The molecule has 0 amide bonds. The summed E-state index contributed by atoms with van der Waals surface area (Å²) in [6.45, 7) is 1.23. The van der Waals surface area contributed by atoms with E-state index in [0.717, 1.165) is 5.56 Å². The number of benzene rings is 1. The van der Waals surface area contributed by atoms with Gasteiger partial charge in [0.05, 0.1) is 0 Å². The van der Waals surface area contributed by atoms with Gasteiger partial charge in [-0.05, 0) is 11.5 Å². The van der Waals surface area contributed by atoms with E-state index < -0.39 is 6.10 Å². The Balaban J connectivity index is 2.41. The average Bonchev–Trinajstić information content (AvgIpc) is 2.19. The minimum Gasteiger partial charge on any atom is -0.382 e. The summed E-state index contributed by atoms with van der Waals surface area (Å²) >= 11 is 0. The number of aliphatic hydroxyl groups is 1. The molecule has 0 saturated carbocycles. The zero-order chi connectivity index (χ0) is 9.52. The summed E-state index contributed by atoms with van der Waals surface area (Å²) < 4.78 is 0. The van der Waals surface area contributed by atoms with E-state index in [2.05, 4.69) is 5.92 Å². The summed E-state index contributed by atoms with van der Waals surface area (Å²) in [6.07, 6.45) is 4.67. The fourth-order valence-electron chi connectivity index (χ4n) is 1.14. The molecule has 0 bridgehead atoms. The third-order valence-electron chi connectivity index (χ3n) is 1.84. The molecule has 1 atom stereocenters. The lowest BCUT2D eigenvalue weighted by Gasteiger charge is -2.07. The normalized spacial score (nSPS) is 12.0. The average molecular weight is 176 g/mol. The Morgan fingerprint density at radius 1 is 1.38 bits per heavy atom. The lowest BCUT2D eigenvalue weighted by molar-refractivity contribution is -0.651. The van der Waals surface area contributed by atoms with Crippen molar-refractivity contribution >= 4 is 0 Å². The molecule has 0 heterocycles. The second-order valence-electron chi connectivity index (χ2n) is 2.86. The zero-order valence-corrected chi connectivity index (χ0v) is 7.48. The van der Waals surface area contributed by atoms with Crippen LogP contribution < -0.4 is 5.32 Å². The van der Waals surface area contributed by atoms with Crippen LogP contribution in [0.15, 0.2) is 30.3 Å². The molecule has 0 fully saturated rings. The third kappa shape index (κ3) is 3.29. The van der Waals surface area contributed by atoms with Gasteiger partial charge in [0.2, 0.25) is 0 Å². The molecule has 0 radical (unpaired) electrons. The number of hydrogen-bond acceptors (Lipinski definition) is 1. The molecule has 13 heavy (non-hydrogen) atoms. The number of quaternary nitrogens is 1. The largest absolute Gasteiger partial charge is 0.382 e. The fourth-order valence-corrected chi connectivity index (χ4v) is 1.14.